The van der Waals surface area contributed by atoms with Crippen LogP contribution in [0.5, 0.6) is 0 Å². The van der Waals surface area contributed by atoms with Crippen molar-refractivity contribution in [1.29, 1.82) is 0 Å². The van der Waals surface area contributed by atoms with Crippen molar-refractivity contribution in [3.8, 4) is 0 Å². The number of nitrogens with one attached hydrogen (secondary N) is 1. The normalized spacial score (nSPS) is 12.2. The molecule has 0 bridgehead atoms. The third kappa shape index (κ3) is 3.29. The summed E-state index contributed by atoms with van der Waals surface area (Å²) < 4.78 is 29.0. The summed E-state index contributed by atoms with van der Waals surface area (Å²) in [5.41, 5.74) is 6.48. The monoisotopic (exact) mass is 313 g/mol. The average Bonchev–Trinajstić information content (AvgIpc) is 3.05. The lowest BCUT2D eigenvalue weighted by atomic mass is 10.3. The molecule has 0 spiro atoms. The lowest BCUT2D eigenvalue weighted by Gasteiger charge is -2.10. The summed E-state index contributed by atoms with van der Waals surface area (Å²) in [6, 6.07) is 5.61. The first-order valence-electron chi connectivity index (χ1n) is 6.37. The van der Waals surface area contributed by atoms with E-state index in [4.69, 9.17) is 5.73 Å². The molecule has 0 fully saturated rings. The van der Waals surface area contributed by atoms with Crippen LogP contribution in [0.1, 0.15) is 30.5 Å². The van der Waals surface area contributed by atoms with Gasteiger partial charge in [-0.2, -0.15) is 0 Å². The Kier molecular flexibility index (Phi) is 4.64. The molecule has 2 aromatic rings. The van der Waals surface area contributed by atoms with Gasteiger partial charge < -0.3 is 10.3 Å². The molecule has 110 valence electrons. The third-order valence-electron chi connectivity index (χ3n) is 3.00. The van der Waals surface area contributed by atoms with Gasteiger partial charge >= 0.3 is 0 Å². The van der Waals surface area contributed by atoms with Gasteiger partial charge in [0.15, 0.2) is 0 Å². The largest absolute Gasteiger partial charge is 0.346 e. The highest BCUT2D eigenvalue weighted by atomic mass is 32.2. The van der Waals surface area contributed by atoms with Crippen LogP contribution in [0.4, 0.5) is 0 Å². The zero-order valence-corrected chi connectivity index (χ0v) is 13.2. The van der Waals surface area contributed by atoms with E-state index < -0.39 is 10.0 Å². The fraction of sp³-hybridized carbons (Fsp3) is 0.385. The highest BCUT2D eigenvalue weighted by Crippen LogP contribution is 2.19. The Morgan fingerprint density at radius 3 is 2.70 bits per heavy atom. The molecular formula is C13H19N3O2S2. The van der Waals surface area contributed by atoms with Gasteiger partial charge in [-0.1, -0.05) is 6.07 Å². The highest BCUT2D eigenvalue weighted by molar-refractivity contribution is 7.89. The maximum atomic E-state index is 12.3. The summed E-state index contributed by atoms with van der Waals surface area (Å²) in [7, 11) is -3.50. The molecule has 0 unspecified atom stereocenters. The minimum atomic E-state index is -3.50. The van der Waals surface area contributed by atoms with Crippen LogP contribution in [0, 0.1) is 0 Å². The summed E-state index contributed by atoms with van der Waals surface area (Å²) >= 11 is 1.52. The molecule has 2 aromatic heterocycles. The zero-order valence-electron chi connectivity index (χ0n) is 11.5. The van der Waals surface area contributed by atoms with Gasteiger partial charge in [-0.3, -0.25) is 0 Å². The second-order valence-electron chi connectivity index (χ2n) is 4.78. The number of thiophene rings is 1. The SMILES string of the molecule is CC(C)n1cc(S(=O)(=O)NCc2cccs2)cc1CN. The number of aromatic nitrogens is 1. The van der Waals surface area contributed by atoms with Crippen molar-refractivity contribution in [3.05, 3.63) is 40.3 Å². The number of rotatable bonds is 6. The van der Waals surface area contributed by atoms with E-state index >= 15 is 0 Å². The Balaban J connectivity index is 2.21. The Labute approximate surface area is 123 Å². The molecule has 0 radical (unpaired) electrons. The van der Waals surface area contributed by atoms with Gasteiger partial charge in [-0.05, 0) is 31.4 Å². The lowest BCUT2D eigenvalue weighted by molar-refractivity contribution is 0.569. The van der Waals surface area contributed by atoms with Crippen molar-refractivity contribution in [2.24, 2.45) is 5.73 Å². The summed E-state index contributed by atoms with van der Waals surface area (Å²) in [5, 5.41) is 1.92. The van der Waals surface area contributed by atoms with Gasteiger partial charge in [0.2, 0.25) is 10.0 Å². The number of sulfonamides is 1. The van der Waals surface area contributed by atoms with Crippen LogP contribution in [0.25, 0.3) is 0 Å². The van der Waals surface area contributed by atoms with Gasteiger partial charge in [0.1, 0.15) is 0 Å². The van der Waals surface area contributed by atoms with E-state index in [-0.39, 0.29) is 10.9 Å². The van der Waals surface area contributed by atoms with Crippen LogP contribution < -0.4 is 10.5 Å². The molecule has 2 rings (SSSR count). The highest BCUT2D eigenvalue weighted by Gasteiger charge is 2.18. The molecular weight excluding hydrogens is 294 g/mol. The molecule has 20 heavy (non-hydrogen) atoms. The molecule has 0 aliphatic rings. The molecule has 5 nitrogen and oxygen atoms in total. The van der Waals surface area contributed by atoms with Crippen molar-refractivity contribution < 1.29 is 8.42 Å². The zero-order chi connectivity index (χ0) is 14.8. The van der Waals surface area contributed by atoms with E-state index in [0.717, 1.165) is 10.6 Å². The number of nitrogens with zero attached hydrogens (tertiary/aromatic N) is 1. The van der Waals surface area contributed by atoms with E-state index in [0.29, 0.717) is 13.1 Å². The predicted octanol–water partition coefficient (Wildman–Crippen LogP) is 2.07. The molecule has 0 aromatic carbocycles. The number of nitrogens with two attached hydrogens (primary N) is 1. The number of hydrogen-bond donors (Lipinski definition) is 2. The van der Waals surface area contributed by atoms with Crippen LogP contribution in [0.15, 0.2) is 34.7 Å². The molecule has 2 heterocycles. The summed E-state index contributed by atoms with van der Waals surface area (Å²) in [5.74, 6) is 0. The Morgan fingerprint density at radius 2 is 2.20 bits per heavy atom. The molecule has 0 atom stereocenters. The second-order valence-corrected chi connectivity index (χ2v) is 7.58. The molecule has 0 aliphatic carbocycles. The van der Waals surface area contributed by atoms with Crippen LogP contribution in [0.2, 0.25) is 0 Å². The van der Waals surface area contributed by atoms with Gasteiger partial charge in [0.25, 0.3) is 0 Å². The topological polar surface area (TPSA) is 77.1 Å². The van der Waals surface area contributed by atoms with Gasteiger partial charge in [-0.15, -0.1) is 11.3 Å². The first kappa shape index (κ1) is 15.2. The van der Waals surface area contributed by atoms with Crippen LogP contribution in [-0.4, -0.2) is 13.0 Å². The second kappa shape index (κ2) is 6.09. The molecule has 0 saturated heterocycles. The smallest absolute Gasteiger partial charge is 0.242 e. The number of hydrogen-bond acceptors (Lipinski definition) is 4. The molecule has 0 saturated carbocycles. The predicted molar refractivity (Wildman–Crippen MR) is 81.1 cm³/mol. The Morgan fingerprint density at radius 1 is 1.45 bits per heavy atom. The van der Waals surface area contributed by atoms with Crippen LogP contribution in [0.3, 0.4) is 0 Å². The van der Waals surface area contributed by atoms with Gasteiger partial charge in [0, 0.05) is 35.9 Å². The Bertz CT molecular complexity index is 658. The minimum Gasteiger partial charge on any atom is -0.346 e. The molecule has 3 N–H and O–H groups in total. The van der Waals surface area contributed by atoms with E-state index in [1.807, 2.05) is 35.9 Å². The fourth-order valence-corrected chi connectivity index (χ4v) is 3.74. The van der Waals surface area contributed by atoms with Crippen LogP contribution in [-0.2, 0) is 23.1 Å². The average molecular weight is 313 g/mol. The maximum Gasteiger partial charge on any atom is 0.242 e. The van der Waals surface area contributed by atoms with Crippen molar-refractivity contribution >= 4 is 21.4 Å². The minimum absolute atomic E-state index is 0.176. The van der Waals surface area contributed by atoms with E-state index in [1.54, 1.807) is 12.3 Å². The van der Waals surface area contributed by atoms with Crippen molar-refractivity contribution in [2.45, 2.75) is 37.9 Å². The Hall–Kier alpha value is -1.15. The van der Waals surface area contributed by atoms with Crippen LogP contribution >= 0.6 is 11.3 Å². The lowest BCUT2D eigenvalue weighted by Crippen LogP contribution is -2.22. The van der Waals surface area contributed by atoms with Crippen molar-refractivity contribution in [3.63, 3.8) is 0 Å². The maximum absolute atomic E-state index is 12.3. The molecule has 7 heteroatoms. The van der Waals surface area contributed by atoms with E-state index in [2.05, 4.69) is 4.72 Å². The molecule has 0 aliphatic heterocycles. The van der Waals surface area contributed by atoms with Gasteiger partial charge in [0.05, 0.1) is 4.90 Å². The summed E-state index contributed by atoms with van der Waals surface area (Å²) in [6.45, 7) is 4.62. The molecule has 0 amide bonds. The summed E-state index contributed by atoms with van der Waals surface area (Å²) in [6.07, 6.45) is 1.64. The van der Waals surface area contributed by atoms with Crippen molar-refractivity contribution in [2.75, 3.05) is 0 Å². The first-order valence-corrected chi connectivity index (χ1v) is 8.73. The van der Waals surface area contributed by atoms with Crippen molar-refractivity contribution in [1.82, 2.24) is 9.29 Å². The standard InChI is InChI=1S/C13H19N3O2S2/c1-10(2)16-9-13(6-11(16)7-14)20(17,18)15-8-12-4-3-5-19-12/h3-6,9-10,15H,7-8,14H2,1-2H3. The first-order chi connectivity index (χ1) is 9.44. The summed E-state index contributed by atoms with van der Waals surface area (Å²) in [4.78, 5) is 1.25. The van der Waals surface area contributed by atoms with E-state index in [1.165, 1.54) is 11.3 Å². The van der Waals surface area contributed by atoms with Gasteiger partial charge in [-0.25, -0.2) is 13.1 Å². The third-order valence-corrected chi connectivity index (χ3v) is 5.24. The van der Waals surface area contributed by atoms with E-state index in [9.17, 15) is 8.42 Å². The fourth-order valence-electron chi connectivity index (χ4n) is 1.95. The quantitative estimate of drug-likeness (QED) is 0.857.